The lowest BCUT2D eigenvalue weighted by molar-refractivity contribution is -0.331. The number of nitrogens with zero attached hydrogens (tertiary/aromatic N) is 2. The van der Waals surface area contributed by atoms with Crippen molar-refractivity contribution < 1.29 is 23.0 Å². The third-order valence-electron chi connectivity index (χ3n) is 6.64. The van der Waals surface area contributed by atoms with E-state index in [2.05, 4.69) is 10.4 Å². The molecule has 0 saturated carbocycles. The van der Waals surface area contributed by atoms with Crippen LogP contribution in [0.2, 0.25) is 0 Å². The Labute approximate surface area is 189 Å². The van der Waals surface area contributed by atoms with Crippen molar-refractivity contribution >= 4 is 16.5 Å². The van der Waals surface area contributed by atoms with E-state index in [0.717, 1.165) is 17.4 Å². The standard InChI is InChI=1S/C24H26F3N3O3/c1-14-9-10-17-18(11-14)21(2,3)13-22(32,24(25,26)27)23(17,33-5)29-19-8-6-7-15-16(19)12-28-30(4)20(15)31/h6-12,29,32H,13H2,1-5H3. The maximum Gasteiger partial charge on any atom is 0.422 e. The summed E-state index contributed by atoms with van der Waals surface area (Å²) in [5, 5.41) is 18.9. The molecule has 3 aromatic rings. The summed E-state index contributed by atoms with van der Waals surface area (Å²) in [6.45, 7) is 5.20. The molecule has 0 aliphatic heterocycles. The van der Waals surface area contributed by atoms with Crippen LogP contribution in [-0.4, -0.2) is 33.8 Å². The molecule has 6 nitrogen and oxygen atoms in total. The van der Waals surface area contributed by atoms with Crippen molar-refractivity contribution in [3.8, 4) is 0 Å². The van der Waals surface area contributed by atoms with Gasteiger partial charge in [-0.05, 0) is 36.5 Å². The van der Waals surface area contributed by atoms with E-state index in [1.165, 1.54) is 19.3 Å². The molecule has 0 bridgehead atoms. The van der Waals surface area contributed by atoms with Gasteiger partial charge in [0.15, 0.2) is 0 Å². The molecule has 1 heterocycles. The zero-order chi connectivity index (χ0) is 24.4. The van der Waals surface area contributed by atoms with Crippen molar-refractivity contribution in [3.05, 3.63) is 69.6 Å². The van der Waals surface area contributed by atoms with Crippen molar-refractivity contribution in [2.75, 3.05) is 12.4 Å². The van der Waals surface area contributed by atoms with Crippen LogP contribution in [0.3, 0.4) is 0 Å². The first kappa shape index (κ1) is 23.3. The lowest BCUT2D eigenvalue weighted by Crippen LogP contribution is -2.69. The number of hydrogen-bond donors (Lipinski definition) is 2. The van der Waals surface area contributed by atoms with E-state index >= 15 is 0 Å². The largest absolute Gasteiger partial charge is 0.422 e. The molecule has 4 rings (SSSR count). The number of hydrogen-bond acceptors (Lipinski definition) is 5. The fourth-order valence-electron chi connectivity index (χ4n) is 4.97. The number of nitrogens with one attached hydrogen (secondary N) is 1. The molecular weight excluding hydrogens is 435 g/mol. The number of aryl methyl sites for hydroxylation is 2. The number of benzene rings is 2. The Bertz CT molecular complexity index is 1300. The summed E-state index contributed by atoms with van der Waals surface area (Å²) >= 11 is 0. The van der Waals surface area contributed by atoms with Crippen LogP contribution in [0.4, 0.5) is 18.9 Å². The highest BCUT2D eigenvalue weighted by atomic mass is 19.4. The van der Waals surface area contributed by atoms with E-state index in [-0.39, 0.29) is 16.6 Å². The SMILES string of the molecule is COC1(Nc2cccc3c(=O)n(C)ncc23)c2ccc(C)cc2C(C)(C)CC1(O)C(F)(F)F. The van der Waals surface area contributed by atoms with Gasteiger partial charge >= 0.3 is 6.18 Å². The number of ether oxygens (including phenoxy) is 1. The minimum absolute atomic E-state index is 0.181. The molecule has 0 fully saturated rings. The number of fused-ring (bicyclic) bond motifs is 2. The van der Waals surface area contributed by atoms with Crippen molar-refractivity contribution in [1.82, 2.24) is 9.78 Å². The van der Waals surface area contributed by atoms with Gasteiger partial charge in [-0.3, -0.25) is 4.79 Å². The number of anilines is 1. The molecule has 1 aliphatic carbocycles. The molecule has 1 aliphatic rings. The van der Waals surface area contributed by atoms with Gasteiger partial charge in [-0.1, -0.05) is 43.7 Å². The Morgan fingerprint density at radius 2 is 1.85 bits per heavy atom. The second-order valence-corrected chi connectivity index (χ2v) is 9.32. The molecule has 176 valence electrons. The van der Waals surface area contributed by atoms with E-state index in [0.29, 0.717) is 10.9 Å². The maximum atomic E-state index is 14.6. The van der Waals surface area contributed by atoms with Gasteiger partial charge < -0.3 is 15.2 Å². The van der Waals surface area contributed by atoms with Crippen LogP contribution in [0.15, 0.2) is 47.4 Å². The maximum absolute atomic E-state index is 14.6. The van der Waals surface area contributed by atoms with Crippen molar-refractivity contribution in [1.29, 1.82) is 0 Å². The van der Waals surface area contributed by atoms with E-state index in [4.69, 9.17) is 4.74 Å². The summed E-state index contributed by atoms with van der Waals surface area (Å²) in [5.41, 5.74) is -5.16. The van der Waals surface area contributed by atoms with E-state index in [1.54, 1.807) is 38.1 Å². The van der Waals surface area contributed by atoms with Crippen molar-refractivity contribution in [2.24, 2.45) is 7.05 Å². The molecule has 2 atom stereocenters. The molecule has 9 heteroatoms. The van der Waals surface area contributed by atoms with Crippen LogP contribution in [-0.2, 0) is 22.9 Å². The van der Waals surface area contributed by atoms with Gasteiger partial charge in [-0.15, -0.1) is 0 Å². The topological polar surface area (TPSA) is 76.4 Å². The lowest BCUT2D eigenvalue weighted by Gasteiger charge is -2.55. The Hall–Kier alpha value is -2.91. The average molecular weight is 461 g/mol. The molecule has 2 N–H and O–H groups in total. The summed E-state index contributed by atoms with van der Waals surface area (Å²) < 4.78 is 50.6. The Morgan fingerprint density at radius 3 is 2.48 bits per heavy atom. The van der Waals surface area contributed by atoms with Crippen LogP contribution in [0.25, 0.3) is 10.8 Å². The number of halogens is 3. The second kappa shape index (κ2) is 7.30. The Kier molecular flexibility index (Phi) is 5.14. The lowest BCUT2D eigenvalue weighted by atomic mass is 9.61. The summed E-state index contributed by atoms with van der Waals surface area (Å²) in [7, 11) is 2.62. The Morgan fingerprint density at radius 1 is 1.15 bits per heavy atom. The first-order valence-electron chi connectivity index (χ1n) is 10.5. The summed E-state index contributed by atoms with van der Waals surface area (Å²) in [5.74, 6) is 0. The fourth-order valence-corrected chi connectivity index (χ4v) is 4.97. The molecule has 2 aromatic carbocycles. The molecular formula is C24H26F3N3O3. The predicted octanol–water partition coefficient (Wildman–Crippen LogP) is 4.13. The van der Waals surface area contributed by atoms with Crippen LogP contribution in [0, 0.1) is 6.92 Å². The van der Waals surface area contributed by atoms with Crippen molar-refractivity contribution in [2.45, 2.75) is 50.1 Å². The summed E-state index contributed by atoms with van der Waals surface area (Å²) in [6, 6.07) is 9.73. The quantitative estimate of drug-likeness (QED) is 0.574. The fraction of sp³-hybridized carbons (Fsp3) is 0.417. The number of aliphatic hydroxyl groups is 1. The van der Waals surface area contributed by atoms with Gasteiger partial charge in [0.2, 0.25) is 11.3 Å². The van der Waals surface area contributed by atoms with Crippen LogP contribution in [0.1, 0.15) is 37.0 Å². The zero-order valence-corrected chi connectivity index (χ0v) is 19.0. The van der Waals surface area contributed by atoms with Crippen LogP contribution in [0.5, 0.6) is 0 Å². The van der Waals surface area contributed by atoms with Gasteiger partial charge in [0.25, 0.3) is 5.56 Å². The molecule has 2 unspecified atom stereocenters. The smallest absolute Gasteiger partial charge is 0.376 e. The van der Waals surface area contributed by atoms with E-state index in [9.17, 15) is 23.1 Å². The Balaban J connectivity index is 2.06. The van der Waals surface area contributed by atoms with Gasteiger partial charge in [-0.25, -0.2) is 4.68 Å². The molecule has 1 aromatic heterocycles. The van der Waals surface area contributed by atoms with E-state index < -0.39 is 34.9 Å². The average Bonchev–Trinajstić information content (AvgIpc) is 2.73. The monoisotopic (exact) mass is 461 g/mol. The number of alkyl halides is 3. The number of methoxy groups -OCH3 is 1. The number of aromatic nitrogens is 2. The highest BCUT2D eigenvalue weighted by molar-refractivity contribution is 5.93. The predicted molar refractivity (Wildman–Crippen MR) is 119 cm³/mol. The second-order valence-electron chi connectivity index (χ2n) is 9.32. The van der Waals surface area contributed by atoms with Gasteiger partial charge in [-0.2, -0.15) is 18.3 Å². The number of rotatable bonds is 3. The molecule has 0 saturated heterocycles. The molecule has 0 radical (unpaired) electrons. The highest BCUT2D eigenvalue weighted by Gasteiger charge is 2.72. The van der Waals surface area contributed by atoms with Gasteiger partial charge in [0.05, 0.1) is 11.6 Å². The molecule has 33 heavy (non-hydrogen) atoms. The van der Waals surface area contributed by atoms with E-state index in [1.807, 2.05) is 13.0 Å². The van der Waals surface area contributed by atoms with Gasteiger partial charge in [0, 0.05) is 30.8 Å². The minimum Gasteiger partial charge on any atom is -0.376 e. The third kappa shape index (κ3) is 3.25. The van der Waals surface area contributed by atoms with Crippen LogP contribution >= 0.6 is 0 Å². The van der Waals surface area contributed by atoms with Crippen molar-refractivity contribution in [3.63, 3.8) is 0 Å². The zero-order valence-electron chi connectivity index (χ0n) is 19.0. The summed E-state index contributed by atoms with van der Waals surface area (Å²) in [4.78, 5) is 12.5. The first-order chi connectivity index (χ1) is 15.3. The molecule has 0 spiro atoms. The normalized spacial score (nSPS) is 24.5. The van der Waals surface area contributed by atoms with Crippen LogP contribution < -0.4 is 10.9 Å². The summed E-state index contributed by atoms with van der Waals surface area (Å²) in [6.07, 6.45) is -4.27. The highest BCUT2D eigenvalue weighted by Crippen LogP contribution is 2.58. The third-order valence-corrected chi connectivity index (χ3v) is 6.64. The van der Waals surface area contributed by atoms with Gasteiger partial charge in [0.1, 0.15) is 0 Å². The first-order valence-corrected chi connectivity index (χ1v) is 10.5. The minimum atomic E-state index is -5.03. The molecule has 0 amide bonds.